The average Bonchev–Trinajstić information content (AvgIpc) is 3.02. The van der Waals surface area contributed by atoms with Crippen molar-refractivity contribution in [2.45, 2.75) is 32.2 Å². The van der Waals surface area contributed by atoms with E-state index in [9.17, 15) is 9.90 Å². The third-order valence-electron chi connectivity index (χ3n) is 3.17. The average molecular weight is 239 g/mol. The van der Waals surface area contributed by atoms with Crippen LogP contribution in [0.3, 0.4) is 0 Å². The molecule has 1 unspecified atom stereocenters. The minimum absolute atomic E-state index is 0.00770. The summed E-state index contributed by atoms with van der Waals surface area (Å²) in [5.41, 5.74) is -0.449. The molecule has 1 amide bonds. The van der Waals surface area contributed by atoms with Crippen molar-refractivity contribution in [1.82, 2.24) is 5.32 Å². The first-order chi connectivity index (χ1) is 7.55. The topological polar surface area (TPSA) is 49.3 Å². The highest BCUT2D eigenvalue weighted by atomic mass is 32.1. The van der Waals surface area contributed by atoms with Gasteiger partial charge < -0.3 is 10.4 Å². The molecular formula is C12H17NO2S. The van der Waals surface area contributed by atoms with Crippen molar-refractivity contribution in [3.63, 3.8) is 0 Å². The number of thiophene rings is 1. The molecule has 1 saturated carbocycles. The molecule has 0 aromatic carbocycles. The van der Waals surface area contributed by atoms with E-state index in [1.165, 1.54) is 11.3 Å². The highest BCUT2D eigenvalue weighted by Crippen LogP contribution is 2.39. The summed E-state index contributed by atoms with van der Waals surface area (Å²) in [6.45, 7) is 3.91. The highest BCUT2D eigenvalue weighted by molar-refractivity contribution is 7.13. The summed E-state index contributed by atoms with van der Waals surface area (Å²) in [4.78, 5) is 13.8. The zero-order valence-electron chi connectivity index (χ0n) is 9.62. The number of carbonyl (C=O) groups excluding carboxylic acids is 1. The van der Waals surface area contributed by atoms with Gasteiger partial charge in [-0.15, -0.1) is 11.3 Å². The molecule has 0 aliphatic heterocycles. The summed E-state index contributed by atoms with van der Waals surface area (Å²) in [6, 6.07) is 3.77. The van der Waals surface area contributed by atoms with Gasteiger partial charge in [-0.25, -0.2) is 0 Å². The number of rotatable bonds is 4. The second kappa shape index (κ2) is 4.18. The van der Waals surface area contributed by atoms with Crippen molar-refractivity contribution in [2.75, 3.05) is 6.61 Å². The SMILES string of the molecule is Cc1ccc(C(=O)NC(C)(CO)C2CC2)s1. The number of hydrogen-bond acceptors (Lipinski definition) is 3. The molecule has 4 heteroatoms. The van der Waals surface area contributed by atoms with Crippen LogP contribution >= 0.6 is 11.3 Å². The maximum Gasteiger partial charge on any atom is 0.261 e. The van der Waals surface area contributed by atoms with Crippen LogP contribution < -0.4 is 5.32 Å². The van der Waals surface area contributed by atoms with E-state index in [0.717, 1.165) is 22.6 Å². The molecule has 2 N–H and O–H groups in total. The third kappa shape index (κ3) is 2.28. The van der Waals surface area contributed by atoms with Gasteiger partial charge in [0.25, 0.3) is 5.91 Å². The van der Waals surface area contributed by atoms with Crippen LogP contribution in [0.2, 0.25) is 0 Å². The van der Waals surface area contributed by atoms with Crippen molar-refractivity contribution in [2.24, 2.45) is 5.92 Å². The van der Waals surface area contributed by atoms with Gasteiger partial charge in [0.15, 0.2) is 0 Å². The minimum atomic E-state index is -0.449. The largest absolute Gasteiger partial charge is 0.394 e. The van der Waals surface area contributed by atoms with Gasteiger partial charge in [0.05, 0.1) is 17.0 Å². The van der Waals surface area contributed by atoms with Gasteiger partial charge in [0.2, 0.25) is 0 Å². The molecule has 1 atom stereocenters. The van der Waals surface area contributed by atoms with Crippen LogP contribution in [0.25, 0.3) is 0 Å². The second-order valence-corrected chi connectivity index (χ2v) is 6.00. The first kappa shape index (κ1) is 11.6. The Bertz CT molecular complexity index is 397. The zero-order valence-corrected chi connectivity index (χ0v) is 10.4. The molecule has 1 aliphatic carbocycles. The quantitative estimate of drug-likeness (QED) is 0.843. The molecule has 1 fully saturated rings. The summed E-state index contributed by atoms with van der Waals surface area (Å²) < 4.78 is 0. The van der Waals surface area contributed by atoms with E-state index in [-0.39, 0.29) is 12.5 Å². The van der Waals surface area contributed by atoms with E-state index in [2.05, 4.69) is 5.32 Å². The number of amides is 1. The zero-order chi connectivity index (χ0) is 11.8. The van der Waals surface area contributed by atoms with E-state index in [1.54, 1.807) is 0 Å². The van der Waals surface area contributed by atoms with Crippen molar-refractivity contribution in [1.29, 1.82) is 0 Å². The van der Waals surface area contributed by atoms with Crippen molar-refractivity contribution >= 4 is 17.2 Å². The Morgan fingerprint density at radius 1 is 1.62 bits per heavy atom. The highest BCUT2D eigenvalue weighted by Gasteiger charge is 2.42. The van der Waals surface area contributed by atoms with Gasteiger partial charge in [-0.3, -0.25) is 4.79 Å². The number of nitrogens with one attached hydrogen (secondary N) is 1. The van der Waals surface area contributed by atoms with Crippen LogP contribution in [0.5, 0.6) is 0 Å². The summed E-state index contributed by atoms with van der Waals surface area (Å²) in [5, 5.41) is 12.3. The van der Waals surface area contributed by atoms with E-state index >= 15 is 0 Å². The van der Waals surface area contributed by atoms with Crippen molar-refractivity contribution < 1.29 is 9.90 Å². The van der Waals surface area contributed by atoms with Gasteiger partial charge in [0, 0.05) is 4.88 Å². The number of aliphatic hydroxyl groups excluding tert-OH is 1. The minimum Gasteiger partial charge on any atom is -0.394 e. The molecule has 1 aliphatic rings. The van der Waals surface area contributed by atoms with E-state index in [0.29, 0.717) is 5.92 Å². The molecule has 2 rings (SSSR count). The Kier molecular flexibility index (Phi) is 3.04. The lowest BCUT2D eigenvalue weighted by Gasteiger charge is -2.28. The maximum absolute atomic E-state index is 12.0. The summed E-state index contributed by atoms with van der Waals surface area (Å²) in [5.74, 6) is 0.365. The summed E-state index contributed by atoms with van der Waals surface area (Å²) in [7, 11) is 0. The fourth-order valence-electron chi connectivity index (χ4n) is 1.87. The fourth-order valence-corrected chi connectivity index (χ4v) is 2.63. The molecule has 1 heterocycles. The lowest BCUT2D eigenvalue weighted by Crippen LogP contribution is -2.50. The van der Waals surface area contributed by atoms with Crippen LogP contribution in [0.15, 0.2) is 12.1 Å². The molecule has 1 aromatic rings. The van der Waals surface area contributed by atoms with E-state index < -0.39 is 5.54 Å². The number of carbonyl (C=O) groups is 1. The summed E-state index contributed by atoms with van der Waals surface area (Å²) in [6.07, 6.45) is 2.20. The molecule has 0 saturated heterocycles. The molecule has 0 spiro atoms. The molecule has 3 nitrogen and oxygen atoms in total. The van der Waals surface area contributed by atoms with Gasteiger partial charge in [-0.1, -0.05) is 0 Å². The number of aliphatic hydroxyl groups is 1. The Labute approximate surface area is 99.5 Å². The van der Waals surface area contributed by atoms with Gasteiger partial charge in [-0.2, -0.15) is 0 Å². The van der Waals surface area contributed by atoms with Crippen LogP contribution in [-0.2, 0) is 0 Å². The van der Waals surface area contributed by atoms with Crippen LogP contribution in [-0.4, -0.2) is 23.2 Å². The molecule has 0 bridgehead atoms. The third-order valence-corrected chi connectivity index (χ3v) is 4.17. The van der Waals surface area contributed by atoms with Gasteiger partial charge >= 0.3 is 0 Å². The van der Waals surface area contributed by atoms with Crippen molar-refractivity contribution in [3.05, 3.63) is 21.9 Å². The Morgan fingerprint density at radius 2 is 2.31 bits per heavy atom. The molecule has 88 valence electrons. The first-order valence-electron chi connectivity index (χ1n) is 5.55. The van der Waals surface area contributed by atoms with Crippen LogP contribution in [0.4, 0.5) is 0 Å². The maximum atomic E-state index is 12.0. The predicted molar refractivity (Wildman–Crippen MR) is 64.7 cm³/mol. The van der Waals surface area contributed by atoms with Crippen LogP contribution in [0, 0.1) is 12.8 Å². The Morgan fingerprint density at radius 3 is 2.75 bits per heavy atom. The molecule has 1 aromatic heterocycles. The normalized spacial score (nSPS) is 19.2. The van der Waals surface area contributed by atoms with Gasteiger partial charge in [-0.05, 0) is 44.7 Å². The fraction of sp³-hybridized carbons (Fsp3) is 0.583. The Hall–Kier alpha value is -0.870. The smallest absolute Gasteiger partial charge is 0.261 e. The lowest BCUT2D eigenvalue weighted by atomic mass is 9.97. The van der Waals surface area contributed by atoms with Gasteiger partial charge in [0.1, 0.15) is 0 Å². The lowest BCUT2D eigenvalue weighted by molar-refractivity contribution is 0.0828. The Balaban J connectivity index is 2.06. The predicted octanol–water partition coefficient (Wildman–Crippen LogP) is 1.95. The first-order valence-corrected chi connectivity index (χ1v) is 6.36. The second-order valence-electron chi connectivity index (χ2n) is 4.71. The number of hydrogen-bond donors (Lipinski definition) is 2. The van der Waals surface area contributed by atoms with Crippen LogP contribution in [0.1, 0.15) is 34.3 Å². The standard InChI is InChI=1S/C12H17NO2S/c1-8-3-6-10(16-8)11(15)13-12(2,7-14)9-4-5-9/h3,6,9,14H,4-5,7H2,1-2H3,(H,13,15). The van der Waals surface area contributed by atoms with E-state index in [1.807, 2.05) is 26.0 Å². The molecule has 0 radical (unpaired) electrons. The summed E-state index contributed by atoms with van der Waals surface area (Å²) >= 11 is 1.49. The molecule has 16 heavy (non-hydrogen) atoms. The molecular weight excluding hydrogens is 222 g/mol. The van der Waals surface area contributed by atoms with Crippen molar-refractivity contribution in [3.8, 4) is 0 Å². The van der Waals surface area contributed by atoms with E-state index in [4.69, 9.17) is 0 Å². The monoisotopic (exact) mass is 239 g/mol. The number of aryl methyl sites for hydroxylation is 1.